The van der Waals surface area contributed by atoms with Crippen molar-refractivity contribution in [3.8, 4) is 5.75 Å². The molecule has 0 saturated heterocycles. The van der Waals surface area contributed by atoms with Crippen LogP contribution in [0.25, 0.3) is 0 Å². The van der Waals surface area contributed by atoms with Crippen LogP contribution in [-0.4, -0.2) is 0 Å². The lowest BCUT2D eigenvalue weighted by atomic mass is 9.87. The Morgan fingerprint density at radius 1 is 1.00 bits per heavy atom. The summed E-state index contributed by atoms with van der Waals surface area (Å²) in [5, 5.41) is 0. The summed E-state index contributed by atoms with van der Waals surface area (Å²) in [6, 6.07) is 16.5. The SMILES string of the molecule is CC(C)(C)c1ccc(Br)c(OCc2ccccc2)c1. The molecule has 0 bridgehead atoms. The lowest BCUT2D eigenvalue weighted by Gasteiger charge is -2.20. The Morgan fingerprint density at radius 3 is 2.32 bits per heavy atom. The lowest BCUT2D eigenvalue weighted by Crippen LogP contribution is -2.11. The summed E-state index contributed by atoms with van der Waals surface area (Å²) in [6.45, 7) is 7.21. The summed E-state index contributed by atoms with van der Waals surface area (Å²) < 4.78 is 6.91. The second kappa shape index (κ2) is 5.79. The molecule has 0 amide bonds. The first-order valence-corrected chi connectivity index (χ1v) is 7.23. The number of hydrogen-bond donors (Lipinski definition) is 0. The molecule has 1 nitrogen and oxygen atoms in total. The number of rotatable bonds is 3. The lowest BCUT2D eigenvalue weighted by molar-refractivity contribution is 0.303. The molecule has 0 aliphatic rings. The van der Waals surface area contributed by atoms with Crippen molar-refractivity contribution in [2.24, 2.45) is 0 Å². The molecule has 0 N–H and O–H groups in total. The molecule has 0 spiro atoms. The van der Waals surface area contributed by atoms with E-state index >= 15 is 0 Å². The van der Waals surface area contributed by atoms with Gasteiger partial charge in [-0.25, -0.2) is 0 Å². The predicted octanol–water partition coefficient (Wildman–Crippen LogP) is 5.33. The fourth-order valence-electron chi connectivity index (χ4n) is 1.82. The minimum Gasteiger partial charge on any atom is -0.488 e. The molecule has 0 aliphatic carbocycles. The Morgan fingerprint density at radius 2 is 1.68 bits per heavy atom. The van der Waals surface area contributed by atoms with Gasteiger partial charge in [0.25, 0.3) is 0 Å². The van der Waals surface area contributed by atoms with E-state index in [2.05, 4.69) is 67.0 Å². The smallest absolute Gasteiger partial charge is 0.134 e. The van der Waals surface area contributed by atoms with Crippen LogP contribution >= 0.6 is 15.9 Å². The van der Waals surface area contributed by atoms with Gasteiger partial charge in [-0.1, -0.05) is 57.2 Å². The maximum absolute atomic E-state index is 5.91. The van der Waals surface area contributed by atoms with Crippen LogP contribution in [-0.2, 0) is 12.0 Å². The van der Waals surface area contributed by atoms with E-state index < -0.39 is 0 Å². The number of hydrogen-bond acceptors (Lipinski definition) is 1. The average molecular weight is 319 g/mol. The maximum atomic E-state index is 5.91. The van der Waals surface area contributed by atoms with E-state index in [1.807, 2.05) is 18.2 Å². The minimum absolute atomic E-state index is 0.131. The average Bonchev–Trinajstić information content (AvgIpc) is 2.37. The Kier molecular flexibility index (Phi) is 4.31. The first kappa shape index (κ1) is 14.1. The van der Waals surface area contributed by atoms with Crippen LogP contribution in [0.5, 0.6) is 5.75 Å². The van der Waals surface area contributed by atoms with Crippen molar-refractivity contribution in [1.82, 2.24) is 0 Å². The van der Waals surface area contributed by atoms with E-state index in [0.717, 1.165) is 10.2 Å². The van der Waals surface area contributed by atoms with Crippen molar-refractivity contribution in [3.63, 3.8) is 0 Å². The molecular formula is C17H19BrO. The molecule has 100 valence electrons. The van der Waals surface area contributed by atoms with Crippen molar-refractivity contribution < 1.29 is 4.74 Å². The molecule has 0 aliphatic heterocycles. The topological polar surface area (TPSA) is 9.23 Å². The molecule has 2 aromatic carbocycles. The highest BCUT2D eigenvalue weighted by Crippen LogP contribution is 2.32. The van der Waals surface area contributed by atoms with Crippen LogP contribution in [0.2, 0.25) is 0 Å². The van der Waals surface area contributed by atoms with Gasteiger partial charge in [0.2, 0.25) is 0 Å². The van der Waals surface area contributed by atoms with Crippen molar-refractivity contribution in [3.05, 3.63) is 64.1 Å². The van der Waals surface area contributed by atoms with E-state index in [1.54, 1.807) is 0 Å². The van der Waals surface area contributed by atoms with Gasteiger partial charge in [0.15, 0.2) is 0 Å². The van der Waals surface area contributed by atoms with Crippen LogP contribution in [0.4, 0.5) is 0 Å². The number of halogens is 1. The van der Waals surface area contributed by atoms with Crippen LogP contribution in [0.3, 0.4) is 0 Å². The molecule has 0 aromatic heterocycles. The van der Waals surface area contributed by atoms with Crippen molar-refractivity contribution in [2.75, 3.05) is 0 Å². The van der Waals surface area contributed by atoms with E-state index in [0.29, 0.717) is 6.61 Å². The molecule has 0 unspecified atom stereocenters. The molecular weight excluding hydrogens is 300 g/mol. The Hall–Kier alpha value is -1.28. The van der Waals surface area contributed by atoms with E-state index in [4.69, 9.17) is 4.74 Å². The monoisotopic (exact) mass is 318 g/mol. The third-order valence-corrected chi connectivity index (χ3v) is 3.69. The second-order valence-corrected chi connectivity index (χ2v) is 6.52. The zero-order valence-electron chi connectivity index (χ0n) is 11.6. The fraction of sp³-hybridized carbons (Fsp3) is 0.294. The van der Waals surface area contributed by atoms with Crippen LogP contribution in [0.1, 0.15) is 31.9 Å². The third kappa shape index (κ3) is 3.84. The summed E-state index contributed by atoms with van der Waals surface area (Å²) in [5.41, 5.74) is 2.58. The first-order chi connectivity index (χ1) is 8.97. The molecule has 0 radical (unpaired) electrons. The molecule has 19 heavy (non-hydrogen) atoms. The van der Waals surface area contributed by atoms with Crippen molar-refractivity contribution >= 4 is 15.9 Å². The first-order valence-electron chi connectivity index (χ1n) is 6.43. The fourth-order valence-corrected chi connectivity index (χ4v) is 2.18. The number of benzene rings is 2. The highest BCUT2D eigenvalue weighted by atomic mass is 79.9. The Labute approximate surface area is 123 Å². The van der Waals surface area contributed by atoms with Gasteiger partial charge in [-0.2, -0.15) is 0 Å². The quantitative estimate of drug-likeness (QED) is 0.743. The Bertz CT molecular complexity index is 541. The maximum Gasteiger partial charge on any atom is 0.134 e. The molecule has 0 fully saturated rings. The van der Waals surface area contributed by atoms with Crippen molar-refractivity contribution in [1.29, 1.82) is 0 Å². The highest BCUT2D eigenvalue weighted by Gasteiger charge is 2.15. The zero-order chi connectivity index (χ0) is 13.9. The molecule has 0 saturated carbocycles. The summed E-state index contributed by atoms with van der Waals surface area (Å²) in [7, 11) is 0. The van der Waals surface area contributed by atoms with E-state index in [9.17, 15) is 0 Å². The summed E-state index contributed by atoms with van der Waals surface area (Å²) in [6.07, 6.45) is 0. The standard InChI is InChI=1S/C17H19BrO/c1-17(2,3)14-9-10-15(18)16(11-14)19-12-13-7-5-4-6-8-13/h4-11H,12H2,1-3H3. The van der Waals surface area contributed by atoms with E-state index in [-0.39, 0.29) is 5.41 Å². The van der Waals surface area contributed by atoms with Gasteiger partial charge in [0, 0.05) is 0 Å². The van der Waals surface area contributed by atoms with Crippen LogP contribution in [0.15, 0.2) is 53.0 Å². The van der Waals surface area contributed by atoms with Gasteiger partial charge in [-0.3, -0.25) is 0 Å². The largest absolute Gasteiger partial charge is 0.488 e. The molecule has 2 rings (SSSR count). The molecule has 0 atom stereocenters. The van der Waals surface area contributed by atoms with Gasteiger partial charge in [0.1, 0.15) is 12.4 Å². The number of ether oxygens (including phenoxy) is 1. The molecule has 2 heteroatoms. The van der Waals surface area contributed by atoms with Crippen LogP contribution < -0.4 is 4.74 Å². The highest BCUT2D eigenvalue weighted by molar-refractivity contribution is 9.10. The van der Waals surface area contributed by atoms with Gasteiger partial charge < -0.3 is 4.74 Å². The summed E-state index contributed by atoms with van der Waals surface area (Å²) in [5.74, 6) is 0.899. The third-order valence-electron chi connectivity index (χ3n) is 3.03. The molecule has 2 aromatic rings. The predicted molar refractivity (Wildman–Crippen MR) is 83.6 cm³/mol. The Balaban J connectivity index is 2.16. The van der Waals surface area contributed by atoms with Gasteiger partial charge >= 0.3 is 0 Å². The summed E-state index contributed by atoms with van der Waals surface area (Å²) >= 11 is 3.55. The minimum atomic E-state index is 0.131. The normalized spacial score (nSPS) is 11.4. The van der Waals surface area contributed by atoms with Gasteiger partial charge in [0.05, 0.1) is 4.47 Å². The van der Waals surface area contributed by atoms with Gasteiger partial charge in [-0.05, 0) is 44.6 Å². The summed E-state index contributed by atoms with van der Waals surface area (Å²) in [4.78, 5) is 0. The van der Waals surface area contributed by atoms with Crippen LogP contribution in [0, 0.1) is 0 Å². The second-order valence-electron chi connectivity index (χ2n) is 5.67. The zero-order valence-corrected chi connectivity index (χ0v) is 13.2. The van der Waals surface area contributed by atoms with E-state index in [1.165, 1.54) is 11.1 Å². The van der Waals surface area contributed by atoms with Crippen molar-refractivity contribution in [2.45, 2.75) is 32.8 Å². The van der Waals surface area contributed by atoms with Gasteiger partial charge in [-0.15, -0.1) is 0 Å². The molecule has 0 heterocycles.